The van der Waals surface area contributed by atoms with Crippen LogP contribution in [0.5, 0.6) is 11.5 Å². The molecule has 0 saturated carbocycles. The van der Waals surface area contributed by atoms with E-state index in [0.717, 1.165) is 16.9 Å². The molecule has 2 rings (SSSR count). The summed E-state index contributed by atoms with van der Waals surface area (Å²) in [5.74, 6) is 1.39. The van der Waals surface area contributed by atoms with Crippen LogP contribution in [0.25, 0.3) is 0 Å². The quantitative estimate of drug-likeness (QED) is 0.805. The van der Waals surface area contributed by atoms with Crippen molar-refractivity contribution in [1.82, 2.24) is 4.90 Å². The van der Waals surface area contributed by atoms with E-state index in [1.807, 2.05) is 62.4 Å². The molecule has 0 heterocycles. The summed E-state index contributed by atoms with van der Waals surface area (Å²) in [4.78, 5) is 14.4. The van der Waals surface area contributed by atoms with Crippen LogP contribution in [0.15, 0.2) is 48.5 Å². The molecule has 0 spiro atoms. The maximum absolute atomic E-state index is 12.7. The number of methoxy groups -OCH3 is 1. The van der Waals surface area contributed by atoms with E-state index in [2.05, 4.69) is 0 Å². The SMILES string of the molecule is COc1ccccc1C(C)N(C)C(=O)C(C)Oc1ccc(C)cc1. The molecule has 24 heavy (non-hydrogen) atoms. The molecule has 0 saturated heterocycles. The van der Waals surface area contributed by atoms with Gasteiger partial charge in [-0.3, -0.25) is 4.79 Å². The monoisotopic (exact) mass is 327 g/mol. The molecule has 0 radical (unpaired) electrons. The number of ether oxygens (including phenoxy) is 2. The Hall–Kier alpha value is -2.49. The molecule has 1 amide bonds. The number of hydrogen-bond donors (Lipinski definition) is 0. The predicted octanol–water partition coefficient (Wildman–Crippen LogP) is 3.99. The largest absolute Gasteiger partial charge is 0.496 e. The van der Waals surface area contributed by atoms with E-state index >= 15 is 0 Å². The molecule has 4 nitrogen and oxygen atoms in total. The van der Waals surface area contributed by atoms with Crippen LogP contribution in [0.2, 0.25) is 0 Å². The minimum atomic E-state index is -0.560. The summed E-state index contributed by atoms with van der Waals surface area (Å²) in [5.41, 5.74) is 2.13. The third-order valence-corrected chi connectivity index (χ3v) is 4.20. The molecule has 0 fully saturated rings. The van der Waals surface area contributed by atoms with Gasteiger partial charge in [-0.25, -0.2) is 0 Å². The number of nitrogens with zero attached hydrogens (tertiary/aromatic N) is 1. The smallest absolute Gasteiger partial charge is 0.263 e. The number of carbonyl (C=O) groups excluding carboxylic acids is 1. The Balaban J connectivity index is 2.08. The highest BCUT2D eigenvalue weighted by Crippen LogP contribution is 2.28. The lowest BCUT2D eigenvalue weighted by molar-refractivity contribution is -0.138. The van der Waals surface area contributed by atoms with Gasteiger partial charge in [0, 0.05) is 12.6 Å². The van der Waals surface area contributed by atoms with Crippen LogP contribution in [0.3, 0.4) is 0 Å². The van der Waals surface area contributed by atoms with Gasteiger partial charge in [0.15, 0.2) is 6.10 Å². The predicted molar refractivity (Wildman–Crippen MR) is 95.4 cm³/mol. The standard InChI is InChI=1S/C20H25NO3/c1-14-10-12-17(13-11-14)24-16(3)20(22)21(4)15(2)18-8-6-7-9-19(18)23-5/h6-13,15-16H,1-5H3. The molecule has 0 aliphatic rings. The molecule has 0 aliphatic heterocycles. The Kier molecular flexibility index (Phi) is 5.85. The van der Waals surface area contributed by atoms with Crippen LogP contribution in [0, 0.1) is 6.92 Å². The Labute approximate surface area is 144 Å². The molecule has 2 atom stereocenters. The van der Waals surface area contributed by atoms with Gasteiger partial charge in [0.1, 0.15) is 11.5 Å². The second-order valence-electron chi connectivity index (χ2n) is 5.94. The summed E-state index contributed by atoms with van der Waals surface area (Å²) in [6, 6.07) is 15.3. The lowest BCUT2D eigenvalue weighted by atomic mass is 10.1. The second-order valence-corrected chi connectivity index (χ2v) is 5.94. The summed E-state index contributed by atoms with van der Waals surface area (Å²) >= 11 is 0. The number of hydrogen-bond acceptors (Lipinski definition) is 3. The molecule has 2 aromatic carbocycles. The van der Waals surface area contributed by atoms with Crippen molar-refractivity contribution >= 4 is 5.91 Å². The fraction of sp³-hybridized carbons (Fsp3) is 0.350. The number of aryl methyl sites for hydroxylation is 1. The minimum Gasteiger partial charge on any atom is -0.496 e. The van der Waals surface area contributed by atoms with Crippen LogP contribution in [-0.4, -0.2) is 31.1 Å². The molecular formula is C20H25NO3. The average molecular weight is 327 g/mol. The Morgan fingerprint density at radius 1 is 1.04 bits per heavy atom. The number of carbonyl (C=O) groups is 1. The lowest BCUT2D eigenvalue weighted by Gasteiger charge is -2.29. The molecule has 0 N–H and O–H groups in total. The number of amides is 1. The van der Waals surface area contributed by atoms with Crippen molar-refractivity contribution in [2.75, 3.05) is 14.2 Å². The molecule has 4 heteroatoms. The Bertz CT molecular complexity index is 682. The van der Waals surface area contributed by atoms with Gasteiger partial charge in [-0.2, -0.15) is 0 Å². The van der Waals surface area contributed by atoms with Gasteiger partial charge in [-0.05, 0) is 39.0 Å². The van der Waals surface area contributed by atoms with Crippen LogP contribution < -0.4 is 9.47 Å². The number of para-hydroxylation sites is 1. The topological polar surface area (TPSA) is 38.8 Å². The second kappa shape index (κ2) is 7.86. The van der Waals surface area contributed by atoms with E-state index in [1.54, 1.807) is 26.0 Å². The van der Waals surface area contributed by atoms with Crippen LogP contribution in [0.4, 0.5) is 0 Å². The number of benzene rings is 2. The summed E-state index contributed by atoms with van der Waals surface area (Å²) in [6.07, 6.45) is -0.560. The molecule has 128 valence electrons. The van der Waals surface area contributed by atoms with Gasteiger partial charge < -0.3 is 14.4 Å². The maximum atomic E-state index is 12.7. The first-order chi connectivity index (χ1) is 11.4. The van der Waals surface area contributed by atoms with Gasteiger partial charge in [0.2, 0.25) is 0 Å². The van der Waals surface area contributed by atoms with Crippen molar-refractivity contribution in [2.24, 2.45) is 0 Å². The third kappa shape index (κ3) is 4.07. The highest BCUT2D eigenvalue weighted by atomic mass is 16.5. The van der Waals surface area contributed by atoms with Crippen molar-refractivity contribution in [3.63, 3.8) is 0 Å². The molecular weight excluding hydrogens is 302 g/mol. The first-order valence-corrected chi connectivity index (χ1v) is 8.07. The van der Waals surface area contributed by atoms with Crippen LogP contribution >= 0.6 is 0 Å². The van der Waals surface area contributed by atoms with E-state index in [4.69, 9.17) is 9.47 Å². The lowest BCUT2D eigenvalue weighted by Crippen LogP contribution is -2.39. The summed E-state index contributed by atoms with van der Waals surface area (Å²) in [6.45, 7) is 5.77. The zero-order valence-electron chi connectivity index (χ0n) is 14.9. The minimum absolute atomic E-state index is 0.0750. The van der Waals surface area contributed by atoms with Gasteiger partial charge in [0.25, 0.3) is 5.91 Å². The van der Waals surface area contributed by atoms with E-state index < -0.39 is 6.10 Å². The van der Waals surface area contributed by atoms with Crippen molar-refractivity contribution < 1.29 is 14.3 Å². The molecule has 2 aromatic rings. The van der Waals surface area contributed by atoms with Crippen molar-refractivity contribution in [1.29, 1.82) is 0 Å². The third-order valence-electron chi connectivity index (χ3n) is 4.20. The Morgan fingerprint density at radius 3 is 2.29 bits per heavy atom. The summed E-state index contributed by atoms with van der Waals surface area (Å²) in [5, 5.41) is 0. The molecule has 2 unspecified atom stereocenters. The van der Waals surface area contributed by atoms with E-state index in [0.29, 0.717) is 5.75 Å². The number of likely N-dealkylation sites (N-methyl/N-ethyl adjacent to an activating group) is 1. The number of rotatable bonds is 6. The maximum Gasteiger partial charge on any atom is 0.263 e. The molecule has 0 aliphatic carbocycles. The van der Waals surface area contributed by atoms with E-state index in [9.17, 15) is 4.79 Å². The van der Waals surface area contributed by atoms with Crippen LogP contribution in [0.1, 0.15) is 31.0 Å². The van der Waals surface area contributed by atoms with Crippen molar-refractivity contribution in [3.8, 4) is 11.5 Å². The zero-order chi connectivity index (χ0) is 17.7. The first kappa shape index (κ1) is 17.9. The van der Waals surface area contributed by atoms with Gasteiger partial charge in [0.05, 0.1) is 13.2 Å². The molecule has 0 aromatic heterocycles. The highest BCUT2D eigenvalue weighted by Gasteiger charge is 2.25. The van der Waals surface area contributed by atoms with Gasteiger partial charge >= 0.3 is 0 Å². The fourth-order valence-electron chi connectivity index (χ4n) is 2.57. The van der Waals surface area contributed by atoms with Crippen molar-refractivity contribution in [2.45, 2.75) is 32.9 Å². The Morgan fingerprint density at radius 2 is 1.67 bits per heavy atom. The first-order valence-electron chi connectivity index (χ1n) is 8.07. The van der Waals surface area contributed by atoms with Gasteiger partial charge in [-0.15, -0.1) is 0 Å². The van der Waals surface area contributed by atoms with Gasteiger partial charge in [-0.1, -0.05) is 35.9 Å². The molecule has 0 bridgehead atoms. The summed E-state index contributed by atoms with van der Waals surface area (Å²) in [7, 11) is 3.42. The fourth-order valence-corrected chi connectivity index (χ4v) is 2.57. The van der Waals surface area contributed by atoms with E-state index in [-0.39, 0.29) is 11.9 Å². The highest BCUT2D eigenvalue weighted by molar-refractivity contribution is 5.81. The zero-order valence-corrected chi connectivity index (χ0v) is 14.9. The average Bonchev–Trinajstić information content (AvgIpc) is 2.61. The van der Waals surface area contributed by atoms with E-state index in [1.165, 1.54) is 0 Å². The normalized spacial score (nSPS) is 13.0. The summed E-state index contributed by atoms with van der Waals surface area (Å²) < 4.78 is 11.2. The van der Waals surface area contributed by atoms with Crippen molar-refractivity contribution in [3.05, 3.63) is 59.7 Å². The van der Waals surface area contributed by atoms with Crippen LogP contribution in [-0.2, 0) is 4.79 Å².